The SMILES string of the molecule is C=Cc1c(/C=C\C)n(-c2ccc3sc4ccc(C)cc4c3c2)c2ccccc12. The van der Waals surface area contributed by atoms with Gasteiger partial charge in [0.25, 0.3) is 0 Å². The molecule has 0 aliphatic rings. The molecule has 0 spiro atoms. The van der Waals surface area contributed by atoms with Crippen LogP contribution in [0.2, 0.25) is 0 Å². The van der Waals surface area contributed by atoms with E-state index in [0.29, 0.717) is 0 Å². The molecule has 0 amide bonds. The van der Waals surface area contributed by atoms with Crippen LogP contribution in [-0.2, 0) is 0 Å². The van der Waals surface area contributed by atoms with Crippen LogP contribution in [0.25, 0.3) is 48.9 Å². The fraction of sp³-hybridized carbons (Fsp3) is 0.0769. The first-order chi connectivity index (χ1) is 13.7. The van der Waals surface area contributed by atoms with Crippen LogP contribution in [-0.4, -0.2) is 4.57 Å². The zero-order valence-electron chi connectivity index (χ0n) is 16.1. The first-order valence-corrected chi connectivity index (χ1v) is 10.3. The number of hydrogen-bond donors (Lipinski definition) is 0. The van der Waals surface area contributed by atoms with Crippen LogP contribution >= 0.6 is 11.3 Å². The third kappa shape index (κ3) is 2.45. The van der Waals surface area contributed by atoms with Gasteiger partial charge in [0, 0.05) is 36.8 Å². The summed E-state index contributed by atoms with van der Waals surface area (Å²) in [5, 5.41) is 3.90. The molecule has 3 aromatic carbocycles. The van der Waals surface area contributed by atoms with Gasteiger partial charge < -0.3 is 4.57 Å². The van der Waals surface area contributed by atoms with Crippen molar-refractivity contribution in [1.82, 2.24) is 4.57 Å². The molecule has 5 aromatic rings. The highest BCUT2D eigenvalue weighted by Crippen LogP contribution is 2.37. The van der Waals surface area contributed by atoms with Gasteiger partial charge in [-0.25, -0.2) is 0 Å². The van der Waals surface area contributed by atoms with Crippen molar-refractivity contribution in [1.29, 1.82) is 0 Å². The van der Waals surface area contributed by atoms with Gasteiger partial charge >= 0.3 is 0 Å². The van der Waals surface area contributed by atoms with Crippen LogP contribution in [0.15, 0.2) is 73.3 Å². The second kappa shape index (κ2) is 6.50. The van der Waals surface area contributed by atoms with Crippen LogP contribution < -0.4 is 0 Å². The van der Waals surface area contributed by atoms with Crippen molar-refractivity contribution in [3.63, 3.8) is 0 Å². The lowest BCUT2D eigenvalue weighted by Gasteiger charge is -2.10. The van der Waals surface area contributed by atoms with E-state index in [-0.39, 0.29) is 0 Å². The quantitative estimate of drug-likeness (QED) is 0.299. The van der Waals surface area contributed by atoms with E-state index < -0.39 is 0 Å². The second-order valence-corrected chi connectivity index (χ2v) is 8.22. The number of allylic oxidation sites excluding steroid dienone is 1. The Hall–Kier alpha value is -3.10. The van der Waals surface area contributed by atoms with E-state index >= 15 is 0 Å². The van der Waals surface area contributed by atoms with Gasteiger partial charge in [0.2, 0.25) is 0 Å². The number of aryl methyl sites for hydroxylation is 1. The lowest BCUT2D eigenvalue weighted by molar-refractivity contribution is 1.11. The van der Waals surface area contributed by atoms with Crippen LogP contribution in [0, 0.1) is 6.92 Å². The molecule has 0 N–H and O–H groups in total. The van der Waals surface area contributed by atoms with Crippen molar-refractivity contribution in [2.45, 2.75) is 13.8 Å². The second-order valence-electron chi connectivity index (χ2n) is 7.14. The summed E-state index contributed by atoms with van der Waals surface area (Å²) in [5.74, 6) is 0. The van der Waals surface area contributed by atoms with Gasteiger partial charge in [-0.15, -0.1) is 11.3 Å². The lowest BCUT2D eigenvalue weighted by Crippen LogP contribution is -1.96. The van der Waals surface area contributed by atoms with E-state index in [1.165, 1.54) is 53.6 Å². The summed E-state index contributed by atoms with van der Waals surface area (Å²) in [6.45, 7) is 8.30. The summed E-state index contributed by atoms with van der Waals surface area (Å²) in [5.41, 5.74) is 6.05. The average molecular weight is 380 g/mol. The zero-order valence-corrected chi connectivity index (χ0v) is 16.9. The molecule has 2 aromatic heterocycles. The number of nitrogens with zero attached hydrogens (tertiary/aromatic N) is 1. The normalized spacial score (nSPS) is 11.9. The molecule has 1 nitrogen and oxygen atoms in total. The summed E-state index contributed by atoms with van der Waals surface area (Å²) >= 11 is 1.86. The van der Waals surface area contributed by atoms with E-state index in [9.17, 15) is 0 Å². The lowest BCUT2D eigenvalue weighted by atomic mass is 10.1. The standard InChI is InChI=1S/C26H21NS/c1-4-8-23-19(5-2)20-9-6-7-10-24(20)27(23)18-12-14-26-22(16-18)21-15-17(3)11-13-25(21)28-26/h4-16H,2H2,1,3H3/b8-4-. The molecule has 0 aliphatic heterocycles. The summed E-state index contributed by atoms with van der Waals surface area (Å²) in [6.07, 6.45) is 6.24. The summed E-state index contributed by atoms with van der Waals surface area (Å²) < 4.78 is 5.03. The van der Waals surface area contributed by atoms with Crippen molar-refractivity contribution >= 4 is 54.6 Å². The van der Waals surface area contributed by atoms with Crippen LogP contribution in [0.1, 0.15) is 23.7 Å². The summed E-state index contributed by atoms with van der Waals surface area (Å²) in [4.78, 5) is 0. The number of para-hydroxylation sites is 1. The minimum absolute atomic E-state index is 1.17. The number of rotatable bonds is 3. The molecule has 28 heavy (non-hydrogen) atoms. The minimum Gasteiger partial charge on any atom is -0.309 e. The van der Waals surface area contributed by atoms with Crippen LogP contribution in [0.4, 0.5) is 0 Å². The van der Waals surface area contributed by atoms with Crippen molar-refractivity contribution in [3.05, 3.63) is 90.1 Å². The Morgan fingerprint density at radius 2 is 1.64 bits per heavy atom. The van der Waals surface area contributed by atoms with Gasteiger partial charge in [-0.05, 0) is 56.3 Å². The van der Waals surface area contributed by atoms with Gasteiger partial charge in [-0.3, -0.25) is 0 Å². The van der Waals surface area contributed by atoms with Crippen molar-refractivity contribution < 1.29 is 0 Å². The predicted octanol–water partition coefficient (Wildman–Crippen LogP) is 7.98. The molecule has 0 atom stereocenters. The molecule has 2 heteroatoms. The first kappa shape index (κ1) is 17.0. The topological polar surface area (TPSA) is 4.93 Å². The molecule has 0 saturated heterocycles. The smallest absolute Gasteiger partial charge is 0.0541 e. The van der Waals surface area contributed by atoms with Crippen molar-refractivity contribution in [2.75, 3.05) is 0 Å². The maximum atomic E-state index is 4.08. The predicted molar refractivity (Wildman–Crippen MR) is 126 cm³/mol. The Morgan fingerprint density at radius 1 is 0.893 bits per heavy atom. The first-order valence-electron chi connectivity index (χ1n) is 9.53. The molecule has 0 fully saturated rings. The number of benzene rings is 3. The maximum absolute atomic E-state index is 4.08. The van der Waals surface area contributed by atoms with Crippen molar-refractivity contribution in [2.24, 2.45) is 0 Å². The van der Waals surface area contributed by atoms with Gasteiger partial charge in [0.15, 0.2) is 0 Å². The molecular weight excluding hydrogens is 358 g/mol. The molecule has 136 valence electrons. The molecule has 0 saturated carbocycles. The summed E-state index contributed by atoms with van der Waals surface area (Å²) in [7, 11) is 0. The maximum Gasteiger partial charge on any atom is 0.0541 e. The monoisotopic (exact) mass is 379 g/mol. The number of hydrogen-bond acceptors (Lipinski definition) is 1. The summed E-state index contributed by atoms with van der Waals surface area (Å²) in [6, 6.07) is 22.1. The van der Waals surface area contributed by atoms with Gasteiger partial charge in [-0.1, -0.05) is 48.6 Å². The molecule has 2 heterocycles. The molecule has 0 unspecified atom stereocenters. The minimum atomic E-state index is 1.17. The third-order valence-electron chi connectivity index (χ3n) is 5.35. The Balaban J connectivity index is 1.88. The van der Waals surface area contributed by atoms with Gasteiger partial charge in [0.1, 0.15) is 0 Å². The van der Waals surface area contributed by atoms with E-state index in [1.54, 1.807) is 0 Å². The third-order valence-corrected chi connectivity index (χ3v) is 6.50. The van der Waals surface area contributed by atoms with Crippen LogP contribution in [0.5, 0.6) is 0 Å². The van der Waals surface area contributed by atoms with Crippen LogP contribution in [0.3, 0.4) is 0 Å². The highest BCUT2D eigenvalue weighted by Gasteiger charge is 2.15. The van der Waals surface area contributed by atoms with E-state index in [2.05, 4.69) is 97.8 Å². The zero-order chi connectivity index (χ0) is 19.3. The highest BCUT2D eigenvalue weighted by molar-refractivity contribution is 7.25. The molecule has 0 radical (unpaired) electrons. The molecule has 0 aliphatic carbocycles. The molecule has 0 bridgehead atoms. The van der Waals surface area contributed by atoms with E-state index in [1.807, 2.05) is 17.4 Å². The van der Waals surface area contributed by atoms with Gasteiger partial charge in [-0.2, -0.15) is 0 Å². The number of thiophene rings is 1. The van der Waals surface area contributed by atoms with Crippen molar-refractivity contribution in [3.8, 4) is 5.69 Å². The van der Waals surface area contributed by atoms with Gasteiger partial charge in [0.05, 0.1) is 11.2 Å². The Kier molecular flexibility index (Phi) is 3.96. The molecular formula is C26H21NS. The highest BCUT2D eigenvalue weighted by atomic mass is 32.1. The Bertz CT molecular complexity index is 1390. The Labute approximate surface area is 168 Å². The van der Waals surface area contributed by atoms with E-state index in [4.69, 9.17) is 0 Å². The number of fused-ring (bicyclic) bond motifs is 4. The largest absolute Gasteiger partial charge is 0.309 e. The fourth-order valence-corrected chi connectivity index (χ4v) is 5.18. The average Bonchev–Trinajstić information content (AvgIpc) is 3.22. The number of aromatic nitrogens is 1. The van der Waals surface area contributed by atoms with E-state index in [0.717, 1.165) is 0 Å². The Morgan fingerprint density at radius 3 is 2.43 bits per heavy atom. The molecule has 5 rings (SSSR count). The fourth-order valence-electron chi connectivity index (χ4n) is 4.12.